The average Bonchev–Trinajstić information content (AvgIpc) is 2.62. The van der Waals surface area contributed by atoms with Crippen molar-refractivity contribution >= 4 is 50.3 Å². The van der Waals surface area contributed by atoms with Gasteiger partial charge in [-0.25, -0.2) is 0 Å². The van der Waals surface area contributed by atoms with Crippen LogP contribution in [0.1, 0.15) is 20.8 Å². The molecule has 0 fully saturated rings. The lowest BCUT2D eigenvalue weighted by Crippen LogP contribution is -2.01. The summed E-state index contributed by atoms with van der Waals surface area (Å²) in [7, 11) is 0. The molecular weight excluding hydrogens is 322 g/mol. The second kappa shape index (κ2) is 4.80. The number of halogens is 2. The summed E-state index contributed by atoms with van der Waals surface area (Å²) in [6.07, 6.45) is 0. The van der Waals surface area contributed by atoms with Crippen LogP contribution >= 0.6 is 38.9 Å². The SMILES string of the molecule is Cc1cc(C(=O)c2cc(N)ccc2Br)sc1Cl. The van der Waals surface area contributed by atoms with Gasteiger partial charge < -0.3 is 5.73 Å². The lowest BCUT2D eigenvalue weighted by molar-refractivity contribution is 0.104. The topological polar surface area (TPSA) is 43.1 Å². The highest BCUT2D eigenvalue weighted by Gasteiger charge is 2.16. The second-order valence-electron chi connectivity index (χ2n) is 3.64. The molecule has 0 saturated heterocycles. The number of thiophene rings is 1. The summed E-state index contributed by atoms with van der Waals surface area (Å²) >= 11 is 10.6. The third kappa shape index (κ3) is 2.54. The Hall–Kier alpha value is -0.840. The molecular formula is C12H9BrClNOS. The number of hydrogen-bond donors (Lipinski definition) is 1. The standard InChI is InChI=1S/C12H9BrClNOS/c1-6-4-10(17-12(6)14)11(16)8-5-7(15)2-3-9(8)13/h2-5H,15H2,1H3. The number of aryl methyl sites for hydroxylation is 1. The average molecular weight is 331 g/mol. The summed E-state index contributed by atoms with van der Waals surface area (Å²) in [5.74, 6) is -0.0656. The summed E-state index contributed by atoms with van der Waals surface area (Å²) in [5, 5.41) is 0. The fourth-order valence-electron chi connectivity index (χ4n) is 1.42. The first-order valence-electron chi connectivity index (χ1n) is 4.84. The van der Waals surface area contributed by atoms with Crippen molar-refractivity contribution in [1.29, 1.82) is 0 Å². The van der Waals surface area contributed by atoms with Crippen LogP contribution in [-0.2, 0) is 0 Å². The molecule has 0 unspecified atom stereocenters. The normalized spacial score (nSPS) is 10.5. The second-order valence-corrected chi connectivity index (χ2v) is 6.14. The van der Waals surface area contributed by atoms with Crippen LogP contribution in [0.5, 0.6) is 0 Å². The molecule has 2 rings (SSSR count). The van der Waals surface area contributed by atoms with Crippen LogP contribution < -0.4 is 5.73 Å². The molecule has 2 N–H and O–H groups in total. The molecule has 0 saturated carbocycles. The van der Waals surface area contributed by atoms with E-state index in [1.54, 1.807) is 24.3 Å². The number of nitrogen functional groups attached to an aromatic ring is 1. The van der Waals surface area contributed by atoms with Gasteiger partial charge in [-0.2, -0.15) is 0 Å². The molecule has 1 aromatic carbocycles. The van der Waals surface area contributed by atoms with Crippen molar-refractivity contribution in [3.05, 3.63) is 49.1 Å². The fourth-order valence-corrected chi connectivity index (χ4v) is 3.00. The predicted molar refractivity (Wildman–Crippen MR) is 76.1 cm³/mol. The molecule has 2 aromatic rings. The van der Waals surface area contributed by atoms with E-state index in [0.717, 1.165) is 10.0 Å². The van der Waals surface area contributed by atoms with E-state index in [2.05, 4.69) is 15.9 Å². The molecule has 0 bridgehead atoms. The maximum absolute atomic E-state index is 12.3. The van der Waals surface area contributed by atoms with Crippen LogP contribution in [-0.4, -0.2) is 5.78 Å². The zero-order valence-corrected chi connectivity index (χ0v) is 12.1. The number of benzene rings is 1. The van der Waals surface area contributed by atoms with Crippen molar-refractivity contribution in [3.63, 3.8) is 0 Å². The Labute approximate surface area is 117 Å². The maximum Gasteiger partial charge on any atom is 0.204 e. The molecule has 1 heterocycles. The minimum Gasteiger partial charge on any atom is -0.399 e. The molecule has 1 aromatic heterocycles. The van der Waals surface area contributed by atoms with E-state index < -0.39 is 0 Å². The lowest BCUT2D eigenvalue weighted by atomic mass is 10.1. The molecule has 88 valence electrons. The van der Waals surface area contributed by atoms with Crippen LogP contribution in [0.4, 0.5) is 5.69 Å². The molecule has 0 amide bonds. The molecule has 0 aliphatic carbocycles. The Morgan fingerprint density at radius 1 is 1.41 bits per heavy atom. The van der Waals surface area contributed by atoms with Crippen molar-refractivity contribution < 1.29 is 4.79 Å². The highest BCUT2D eigenvalue weighted by Crippen LogP contribution is 2.30. The van der Waals surface area contributed by atoms with Gasteiger partial charge in [-0.3, -0.25) is 4.79 Å². The third-order valence-electron chi connectivity index (χ3n) is 2.32. The number of rotatable bonds is 2. The summed E-state index contributed by atoms with van der Waals surface area (Å²) in [6, 6.07) is 6.97. The number of carbonyl (C=O) groups is 1. The Bertz CT molecular complexity index is 575. The first-order valence-corrected chi connectivity index (χ1v) is 6.83. The van der Waals surface area contributed by atoms with Crippen LogP contribution in [0.25, 0.3) is 0 Å². The Morgan fingerprint density at radius 3 is 2.71 bits per heavy atom. The van der Waals surface area contributed by atoms with Gasteiger partial charge >= 0.3 is 0 Å². The molecule has 17 heavy (non-hydrogen) atoms. The molecule has 0 aliphatic rings. The first kappa shape index (κ1) is 12.6. The van der Waals surface area contributed by atoms with E-state index in [1.807, 2.05) is 6.92 Å². The van der Waals surface area contributed by atoms with E-state index in [0.29, 0.717) is 20.5 Å². The number of anilines is 1. The lowest BCUT2D eigenvalue weighted by Gasteiger charge is -2.03. The van der Waals surface area contributed by atoms with Gasteiger partial charge in [0.1, 0.15) is 0 Å². The molecule has 0 atom stereocenters. The van der Waals surface area contributed by atoms with E-state index >= 15 is 0 Å². The van der Waals surface area contributed by atoms with Gasteiger partial charge in [-0.1, -0.05) is 27.5 Å². The predicted octanol–water partition coefficient (Wildman–Crippen LogP) is 4.29. The van der Waals surface area contributed by atoms with Crippen LogP contribution in [0.15, 0.2) is 28.7 Å². The first-order chi connectivity index (χ1) is 7.99. The van der Waals surface area contributed by atoms with Gasteiger partial charge in [-0.05, 0) is 36.8 Å². The Balaban J connectivity index is 2.47. The zero-order valence-electron chi connectivity index (χ0n) is 8.96. The van der Waals surface area contributed by atoms with Gasteiger partial charge in [0, 0.05) is 15.7 Å². The summed E-state index contributed by atoms with van der Waals surface area (Å²) < 4.78 is 1.38. The fraction of sp³-hybridized carbons (Fsp3) is 0.0833. The maximum atomic E-state index is 12.3. The largest absolute Gasteiger partial charge is 0.399 e. The van der Waals surface area contributed by atoms with Gasteiger partial charge in [0.15, 0.2) is 0 Å². The molecule has 0 aliphatic heterocycles. The van der Waals surface area contributed by atoms with E-state index in [1.165, 1.54) is 11.3 Å². The van der Waals surface area contributed by atoms with E-state index in [-0.39, 0.29) is 5.78 Å². The van der Waals surface area contributed by atoms with Gasteiger partial charge in [0.05, 0.1) is 9.21 Å². The smallest absolute Gasteiger partial charge is 0.204 e. The van der Waals surface area contributed by atoms with Crippen LogP contribution in [0, 0.1) is 6.92 Å². The van der Waals surface area contributed by atoms with Crippen molar-refractivity contribution in [3.8, 4) is 0 Å². The van der Waals surface area contributed by atoms with Crippen LogP contribution in [0.2, 0.25) is 4.34 Å². The van der Waals surface area contributed by atoms with Gasteiger partial charge in [0.2, 0.25) is 5.78 Å². The Kier molecular flexibility index (Phi) is 3.56. The molecule has 2 nitrogen and oxygen atoms in total. The van der Waals surface area contributed by atoms with Crippen molar-refractivity contribution in [2.45, 2.75) is 6.92 Å². The molecule has 0 radical (unpaired) electrons. The third-order valence-corrected chi connectivity index (χ3v) is 4.56. The van der Waals surface area contributed by atoms with Crippen LogP contribution in [0.3, 0.4) is 0 Å². The molecule has 0 spiro atoms. The van der Waals surface area contributed by atoms with Gasteiger partial charge in [0.25, 0.3) is 0 Å². The highest BCUT2D eigenvalue weighted by atomic mass is 79.9. The number of ketones is 1. The number of hydrogen-bond acceptors (Lipinski definition) is 3. The highest BCUT2D eigenvalue weighted by molar-refractivity contribution is 9.10. The van der Waals surface area contributed by atoms with Crippen molar-refractivity contribution in [1.82, 2.24) is 0 Å². The van der Waals surface area contributed by atoms with Gasteiger partial charge in [-0.15, -0.1) is 11.3 Å². The Morgan fingerprint density at radius 2 is 2.12 bits per heavy atom. The van der Waals surface area contributed by atoms with Crippen molar-refractivity contribution in [2.24, 2.45) is 0 Å². The minimum absolute atomic E-state index is 0.0656. The monoisotopic (exact) mass is 329 g/mol. The summed E-state index contributed by atoms with van der Waals surface area (Å²) in [5.41, 5.74) is 7.72. The minimum atomic E-state index is -0.0656. The zero-order chi connectivity index (χ0) is 12.6. The molecule has 5 heteroatoms. The van der Waals surface area contributed by atoms with Crippen molar-refractivity contribution in [2.75, 3.05) is 5.73 Å². The van der Waals surface area contributed by atoms with E-state index in [4.69, 9.17) is 17.3 Å². The van der Waals surface area contributed by atoms with E-state index in [9.17, 15) is 4.79 Å². The summed E-state index contributed by atoms with van der Waals surface area (Å²) in [6.45, 7) is 1.88. The summed E-state index contributed by atoms with van der Waals surface area (Å²) in [4.78, 5) is 12.9. The number of nitrogens with two attached hydrogens (primary N) is 1. The quantitative estimate of drug-likeness (QED) is 0.659. The number of carbonyl (C=O) groups excluding carboxylic acids is 1.